The average molecular weight is 482 g/mol. The largest absolute Gasteiger partial charge is 0.465 e. The van der Waals surface area contributed by atoms with E-state index in [1.165, 1.54) is 21.5 Å². The molecule has 2 heterocycles. The molecule has 1 aromatic heterocycles. The first-order valence-electron chi connectivity index (χ1n) is 8.26. The lowest BCUT2D eigenvalue weighted by Gasteiger charge is -2.33. The van der Waals surface area contributed by atoms with Crippen molar-refractivity contribution in [3.8, 4) is 0 Å². The lowest BCUT2D eigenvalue weighted by molar-refractivity contribution is 0.0158. The second kappa shape index (κ2) is 8.72. The van der Waals surface area contributed by atoms with Gasteiger partial charge >= 0.3 is 12.1 Å². The molecule has 2 rings (SSSR count). The molecule has 0 radical (unpaired) electrons. The molecule has 28 heavy (non-hydrogen) atoms. The SMILES string of the molecule is CN1NN(CC(=C(F)F)C(NC(=O)O)C(C)(C)C)C(=O)N1Cc1ccc(Br)s1. The Morgan fingerprint density at radius 1 is 1.39 bits per heavy atom. The summed E-state index contributed by atoms with van der Waals surface area (Å²) < 4.78 is 28.3. The molecule has 8 nitrogen and oxygen atoms in total. The predicted molar refractivity (Wildman–Crippen MR) is 104 cm³/mol. The van der Waals surface area contributed by atoms with Crippen molar-refractivity contribution in [3.05, 3.63) is 32.5 Å². The van der Waals surface area contributed by atoms with Gasteiger partial charge in [0.1, 0.15) is 0 Å². The lowest BCUT2D eigenvalue weighted by atomic mass is 9.82. The van der Waals surface area contributed by atoms with Crippen LogP contribution in [0.25, 0.3) is 0 Å². The first kappa shape index (κ1) is 22.5. The van der Waals surface area contributed by atoms with Crippen LogP contribution in [0.5, 0.6) is 0 Å². The van der Waals surface area contributed by atoms with Gasteiger partial charge in [0.05, 0.1) is 22.9 Å². The van der Waals surface area contributed by atoms with Gasteiger partial charge in [-0.3, -0.25) is 0 Å². The first-order valence-corrected chi connectivity index (χ1v) is 9.87. The van der Waals surface area contributed by atoms with Crippen LogP contribution in [0.4, 0.5) is 18.4 Å². The highest BCUT2D eigenvalue weighted by Crippen LogP contribution is 2.30. The molecule has 1 atom stereocenters. The minimum Gasteiger partial charge on any atom is -0.465 e. The number of nitrogens with one attached hydrogen (secondary N) is 2. The maximum absolute atomic E-state index is 13.7. The molecule has 1 aliphatic rings. The summed E-state index contributed by atoms with van der Waals surface area (Å²) in [4.78, 5) is 24.7. The summed E-state index contributed by atoms with van der Waals surface area (Å²) >= 11 is 4.82. The summed E-state index contributed by atoms with van der Waals surface area (Å²) in [5, 5.41) is 15.0. The first-order chi connectivity index (χ1) is 12.9. The molecule has 0 spiro atoms. The second-order valence-corrected chi connectivity index (χ2v) is 9.84. The number of hydrogen-bond donors (Lipinski definition) is 3. The Bertz CT molecular complexity index is 779. The molecule has 1 saturated heterocycles. The molecule has 156 valence electrons. The summed E-state index contributed by atoms with van der Waals surface area (Å²) in [5.41, 5.74) is 1.43. The molecule has 1 unspecified atom stereocenters. The van der Waals surface area contributed by atoms with Gasteiger partial charge in [-0.25, -0.2) is 19.6 Å². The minimum absolute atomic E-state index is 0.266. The van der Waals surface area contributed by atoms with Gasteiger partial charge < -0.3 is 10.4 Å². The van der Waals surface area contributed by atoms with Crippen LogP contribution in [0.1, 0.15) is 25.6 Å². The Morgan fingerprint density at radius 2 is 2.04 bits per heavy atom. The highest BCUT2D eigenvalue weighted by atomic mass is 79.9. The third kappa shape index (κ3) is 5.40. The number of urea groups is 1. The van der Waals surface area contributed by atoms with Crippen molar-refractivity contribution < 1.29 is 23.5 Å². The van der Waals surface area contributed by atoms with Crippen LogP contribution in [-0.2, 0) is 6.54 Å². The predicted octanol–water partition coefficient (Wildman–Crippen LogP) is 3.85. The molecule has 1 aliphatic heterocycles. The number of thiophene rings is 1. The Morgan fingerprint density at radius 3 is 2.50 bits per heavy atom. The molecular formula is C16H22BrF2N5O3S. The fraction of sp³-hybridized carbons (Fsp3) is 0.500. The van der Waals surface area contributed by atoms with Gasteiger partial charge in [0.25, 0.3) is 6.08 Å². The van der Waals surface area contributed by atoms with E-state index in [0.29, 0.717) is 0 Å². The second-order valence-electron chi connectivity index (χ2n) is 7.29. The van der Waals surface area contributed by atoms with Gasteiger partial charge in [-0.1, -0.05) is 20.8 Å². The monoisotopic (exact) mass is 481 g/mol. The molecular weight excluding hydrogens is 460 g/mol. The van der Waals surface area contributed by atoms with Gasteiger partial charge in [-0.05, 0) is 33.5 Å². The molecule has 0 aromatic carbocycles. The van der Waals surface area contributed by atoms with Gasteiger partial charge in [-0.2, -0.15) is 8.78 Å². The Balaban J connectivity index is 2.20. The van der Waals surface area contributed by atoms with Gasteiger partial charge in [0.2, 0.25) is 0 Å². The van der Waals surface area contributed by atoms with Crippen LogP contribution >= 0.6 is 27.3 Å². The van der Waals surface area contributed by atoms with Crippen LogP contribution in [0.3, 0.4) is 0 Å². The number of carbonyl (C=O) groups excluding carboxylic acids is 1. The maximum atomic E-state index is 13.7. The third-order valence-electron chi connectivity index (χ3n) is 4.07. The average Bonchev–Trinajstić information content (AvgIpc) is 3.07. The Labute approximate surface area is 173 Å². The van der Waals surface area contributed by atoms with Crippen molar-refractivity contribution in [2.45, 2.75) is 33.4 Å². The number of amides is 3. The fourth-order valence-electron chi connectivity index (χ4n) is 2.78. The van der Waals surface area contributed by atoms with E-state index in [1.54, 1.807) is 27.8 Å². The van der Waals surface area contributed by atoms with Crippen LogP contribution in [0.15, 0.2) is 27.6 Å². The van der Waals surface area contributed by atoms with Crippen LogP contribution < -0.4 is 10.9 Å². The zero-order chi connectivity index (χ0) is 21.2. The van der Waals surface area contributed by atoms with E-state index in [1.807, 2.05) is 12.1 Å². The summed E-state index contributed by atoms with van der Waals surface area (Å²) in [6, 6.07) is 2.03. The van der Waals surface area contributed by atoms with Crippen molar-refractivity contribution in [1.29, 1.82) is 0 Å². The molecule has 0 bridgehead atoms. The Kier molecular flexibility index (Phi) is 7.02. The van der Waals surface area contributed by atoms with Crippen LogP contribution in [0, 0.1) is 5.41 Å². The molecule has 0 aliphatic carbocycles. The van der Waals surface area contributed by atoms with Crippen molar-refractivity contribution in [2.24, 2.45) is 5.41 Å². The normalized spacial score (nSPS) is 16.5. The van der Waals surface area contributed by atoms with Gasteiger partial charge in [0, 0.05) is 17.5 Å². The summed E-state index contributed by atoms with van der Waals surface area (Å²) in [6.45, 7) is 4.72. The minimum atomic E-state index is -2.02. The molecule has 3 amide bonds. The lowest BCUT2D eigenvalue weighted by Crippen LogP contribution is -2.49. The number of rotatable bonds is 6. The molecule has 1 fully saturated rings. The summed E-state index contributed by atoms with van der Waals surface area (Å²) in [7, 11) is 1.59. The van der Waals surface area contributed by atoms with Gasteiger partial charge in [-0.15, -0.1) is 22.0 Å². The van der Waals surface area contributed by atoms with E-state index >= 15 is 0 Å². The van der Waals surface area contributed by atoms with E-state index in [2.05, 4.69) is 26.8 Å². The quantitative estimate of drug-likeness (QED) is 0.574. The molecule has 1 aromatic rings. The number of nitrogens with zero attached hydrogens (tertiary/aromatic N) is 3. The van der Waals surface area contributed by atoms with Crippen molar-refractivity contribution >= 4 is 39.4 Å². The summed E-state index contributed by atoms with van der Waals surface area (Å²) in [6.07, 6.45) is -3.44. The topological polar surface area (TPSA) is 88.1 Å². The number of hydrazine groups is 3. The highest BCUT2D eigenvalue weighted by Gasteiger charge is 2.39. The fourth-order valence-corrected chi connectivity index (χ4v) is 4.25. The number of hydrogen-bond acceptors (Lipinski definition) is 5. The van der Waals surface area contributed by atoms with E-state index < -0.39 is 41.8 Å². The maximum Gasteiger partial charge on any atom is 0.405 e. The smallest absolute Gasteiger partial charge is 0.405 e. The zero-order valence-electron chi connectivity index (χ0n) is 15.8. The molecule has 12 heteroatoms. The number of halogens is 3. The van der Waals surface area contributed by atoms with Crippen LogP contribution in [-0.4, -0.2) is 52.0 Å². The number of carboxylic acid groups (broad SMARTS) is 1. The molecule has 0 saturated carbocycles. The zero-order valence-corrected chi connectivity index (χ0v) is 18.2. The van der Waals surface area contributed by atoms with E-state index in [0.717, 1.165) is 13.7 Å². The number of carbonyl (C=O) groups is 2. The van der Waals surface area contributed by atoms with E-state index in [9.17, 15) is 18.4 Å². The van der Waals surface area contributed by atoms with Crippen molar-refractivity contribution in [1.82, 2.24) is 26.0 Å². The van der Waals surface area contributed by atoms with Crippen molar-refractivity contribution in [2.75, 3.05) is 13.6 Å². The Hall–Kier alpha value is -1.76. The van der Waals surface area contributed by atoms with Crippen molar-refractivity contribution in [3.63, 3.8) is 0 Å². The molecule has 3 N–H and O–H groups in total. The summed E-state index contributed by atoms with van der Waals surface area (Å²) in [5.74, 6) is 0. The van der Waals surface area contributed by atoms with E-state index in [-0.39, 0.29) is 6.54 Å². The third-order valence-corrected chi connectivity index (χ3v) is 5.68. The van der Waals surface area contributed by atoms with Gasteiger partial charge in [0.15, 0.2) is 0 Å². The van der Waals surface area contributed by atoms with E-state index in [4.69, 9.17) is 5.11 Å². The van der Waals surface area contributed by atoms with Crippen LogP contribution in [0.2, 0.25) is 0 Å². The standard InChI is InChI=1S/C16H22BrF2N5O3S/c1-16(2,3)12(20-14(25)26)10(13(18)19)8-23-15(27)24(22(4)21-23)7-9-5-6-11(17)28-9/h5-6,12,20-21H,7-8H2,1-4H3,(H,25,26). The highest BCUT2D eigenvalue weighted by molar-refractivity contribution is 9.11.